The highest BCUT2D eigenvalue weighted by Crippen LogP contribution is 2.16. The van der Waals surface area contributed by atoms with Crippen LogP contribution >= 0.6 is 0 Å². The molecule has 6 nitrogen and oxygen atoms in total. The lowest BCUT2D eigenvalue weighted by Gasteiger charge is -2.41. The molecule has 142 valence electrons. The summed E-state index contributed by atoms with van der Waals surface area (Å²) in [7, 11) is 0. The molecule has 0 spiro atoms. The number of hydrogen-bond donors (Lipinski definition) is 0. The van der Waals surface area contributed by atoms with Gasteiger partial charge in [0.15, 0.2) is 0 Å². The van der Waals surface area contributed by atoms with E-state index in [9.17, 15) is 9.59 Å². The van der Waals surface area contributed by atoms with Gasteiger partial charge in [-0.25, -0.2) is 0 Å². The van der Waals surface area contributed by atoms with Crippen molar-refractivity contribution in [3.05, 3.63) is 35.9 Å². The predicted octanol–water partition coefficient (Wildman–Crippen LogP) is 1.47. The van der Waals surface area contributed by atoms with Gasteiger partial charge in [0.05, 0.1) is 18.2 Å². The van der Waals surface area contributed by atoms with Crippen molar-refractivity contribution in [1.82, 2.24) is 14.7 Å². The van der Waals surface area contributed by atoms with E-state index in [0.29, 0.717) is 26.2 Å². The highest BCUT2D eigenvalue weighted by atomic mass is 16.5. The average Bonchev–Trinajstić information content (AvgIpc) is 2.66. The van der Waals surface area contributed by atoms with Crippen LogP contribution in [0, 0.1) is 0 Å². The Kier molecular flexibility index (Phi) is 5.94. The van der Waals surface area contributed by atoms with Crippen molar-refractivity contribution in [2.45, 2.75) is 39.0 Å². The van der Waals surface area contributed by atoms with Crippen molar-refractivity contribution in [3.63, 3.8) is 0 Å². The molecule has 1 aromatic carbocycles. The van der Waals surface area contributed by atoms with Crippen LogP contribution in [0.4, 0.5) is 0 Å². The molecule has 3 rings (SSSR count). The van der Waals surface area contributed by atoms with Crippen LogP contribution in [-0.2, 0) is 9.53 Å². The quantitative estimate of drug-likeness (QED) is 0.820. The first kappa shape index (κ1) is 18.9. The van der Waals surface area contributed by atoms with E-state index in [4.69, 9.17) is 4.74 Å². The standard InChI is InChI=1S/C20H29N3O3/c1-15-13-23(14-16(2)26-15)19(24)17(3)21-9-11-22(12-10-21)20(25)18-7-5-4-6-8-18/h4-8,15-17H,9-14H2,1-3H3/t15-,16+,17-/m1/s1. The summed E-state index contributed by atoms with van der Waals surface area (Å²) >= 11 is 0. The van der Waals surface area contributed by atoms with Crippen molar-refractivity contribution in [2.75, 3.05) is 39.3 Å². The maximum atomic E-state index is 12.9. The van der Waals surface area contributed by atoms with E-state index in [2.05, 4.69) is 4.90 Å². The number of carbonyl (C=O) groups is 2. The topological polar surface area (TPSA) is 53.1 Å². The number of hydrogen-bond acceptors (Lipinski definition) is 4. The lowest BCUT2D eigenvalue weighted by atomic mass is 10.1. The molecule has 1 aromatic rings. The third-order valence-corrected chi connectivity index (χ3v) is 5.26. The van der Waals surface area contributed by atoms with Gasteiger partial charge in [0, 0.05) is 44.8 Å². The summed E-state index contributed by atoms with van der Waals surface area (Å²) in [5.74, 6) is 0.231. The van der Waals surface area contributed by atoms with Gasteiger partial charge in [-0.15, -0.1) is 0 Å². The zero-order chi connectivity index (χ0) is 18.7. The van der Waals surface area contributed by atoms with Crippen LogP contribution in [0.15, 0.2) is 30.3 Å². The molecule has 2 fully saturated rings. The second-order valence-corrected chi connectivity index (χ2v) is 7.37. The third kappa shape index (κ3) is 4.24. The van der Waals surface area contributed by atoms with Crippen LogP contribution in [0.1, 0.15) is 31.1 Å². The van der Waals surface area contributed by atoms with Crippen LogP contribution in [0.5, 0.6) is 0 Å². The van der Waals surface area contributed by atoms with Gasteiger partial charge in [-0.3, -0.25) is 14.5 Å². The number of ether oxygens (including phenoxy) is 1. The summed E-state index contributed by atoms with van der Waals surface area (Å²) in [6, 6.07) is 9.21. The zero-order valence-corrected chi connectivity index (χ0v) is 15.9. The smallest absolute Gasteiger partial charge is 0.253 e. The molecule has 0 radical (unpaired) electrons. The van der Waals surface area contributed by atoms with E-state index in [1.807, 2.05) is 60.9 Å². The summed E-state index contributed by atoms with van der Waals surface area (Å²) in [5, 5.41) is 0. The molecule has 2 saturated heterocycles. The minimum absolute atomic E-state index is 0.0695. The summed E-state index contributed by atoms with van der Waals surface area (Å²) < 4.78 is 5.72. The largest absolute Gasteiger partial charge is 0.372 e. The molecular weight excluding hydrogens is 330 g/mol. The summed E-state index contributed by atoms with van der Waals surface area (Å²) in [6.07, 6.45) is 0.158. The minimum Gasteiger partial charge on any atom is -0.372 e. The molecule has 0 unspecified atom stereocenters. The van der Waals surface area contributed by atoms with Gasteiger partial charge in [-0.2, -0.15) is 0 Å². The van der Waals surface area contributed by atoms with E-state index >= 15 is 0 Å². The van der Waals surface area contributed by atoms with Gasteiger partial charge in [0.2, 0.25) is 5.91 Å². The molecule has 0 N–H and O–H groups in total. The van der Waals surface area contributed by atoms with Crippen molar-refractivity contribution in [3.8, 4) is 0 Å². The number of carbonyl (C=O) groups excluding carboxylic acids is 2. The highest BCUT2D eigenvalue weighted by Gasteiger charge is 2.33. The van der Waals surface area contributed by atoms with Crippen LogP contribution in [0.25, 0.3) is 0 Å². The number of morpholine rings is 1. The van der Waals surface area contributed by atoms with Crippen molar-refractivity contribution >= 4 is 11.8 Å². The Morgan fingerprint density at radius 3 is 2.12 bits per heavy atom. The Bertz CT molecular complexity index is 618. The monoisotopic (exact) mass is 359 g/mol. The molecule has 6 heteroatoms. The summed E-state index contributed by atoms with van der Waals surface area (Å²) in [5.41, 5.74) is 0.723. The van der Waals surface area contributed by atoms with Crippen molar-refractivity contribution < 1.29 is 14.3 Å². The Morgan fingerprint density at radius 1 is 0.962 bits per heavy atom. The van der Waals surface area contributed by atoms with Gasteiger partial charge in [-0.05, 0) is 32.9 Å². The van der Waals surface area contributed by atoms with Crippen LogP contribution in [-0.4, -0.2) is 84.0 Å². The lowest BCUT2D eigenvalue weighted by molar-refractivity contribution is -0.148. The molecule has 2 amide bonds. The second-order valence-electron chi connectivity index (χ2n) is 7.37. The van der Waals surface area contributed by atoms with E-state index in [1.165, 1.54) is 0 Å². The first-order valence-electron chi connectivity index (χ1n) is 9.48. The lowest BCUT2D eigenvalue weighted by Crippen LogP contribution is -2.58. The maximum Gasteiger partial charge on any atom is 0.253 e. The van der Waals surface area contributed by atoms with E-state index < -0.39 is 0 Å². The normalized spacial score (nSPS) is 25.8. The summed E-state index contributed by atoms with van der Waals surface area (Å²) in [4.78, 5) is 31.4. The van der Waals surface area contributed by atoms with E-state index in [0.717, 1.165) is 18.7 Å². The second kappa shape index (κ2) is 8.18. The van der Waals surface area contributed by atoms with Gasteiger partial charge < -0.3 is 14.5 Å². The Balaban J connectivity index is 1.54. The minimum atomic E-state index is -0.165. The molecular formula is C20H29N3O3. The molecule has 2 aliphatic heterocycles. The Labute approximate surface area is 155 Å². The first-order chi connectivity index (χ1) is 12.5. The fourth-order valence-corrected chi connectivity index (χ4v) is 3.85. The first-order valence-corrected chi connectivity index (χ1v) is 9.48. The van der Waals surface area contributed by atoms with Gasteiger partial charge in [-0.1, -0.05) is 18.2 Å². The molecule has 0 bridgehead atoms. The maximum absolute atomic E-state index is 12.9. The SMILES string of the molecule is C[C@@H]1CN(C(=O)[C@@H](C)N2CCN(C(=O)c3ccccc3)CC2)C[C@H](C)O1. The van der Waals surface area contributed by atoms with Crippen LogP contribution < -0.4 is 0 Å². The molecule has 0 saturated carbocycles. The molecule has 2 aliphatic rings. The van der Waals surface area contributed by atoms with Crippen LogP contribution in [0.2, 0.25) is 0 Å². The Morgan fingerprint density at radius 2 is 1.54 bits per heavy atom. The number of piperazine rings is 1. The molecule has 3 atom stereocenters. The average molecular weight is 359 g/mol. The van der Waals surface area contributed by atoms with Crippen molar-refractivity contribution in [1.29, 1.82) is 0 Å². The van der Waals surface area contributed by atoms with Gasteiger partial charge in [0.25, 0.3) is 5.91 Å². The number of amides is 2. The van der Waals surface area contributed by atoms with Crippen LogP contribution in [0.3, 0.4) is 0 Å². The number of benzene rings is 1. The van der Waals surface area contributed by atoms with Gasteiger partial charge >= 0.3 is 0 Å². The number of rotatable bonds is 3. The van der Waals surface area contributed by atoms with E-state index in [-0.39, 0.29) is 30.1 Å². The fraction of sp³-hybridized carbons (Fsp3) is 0.600. The zero-order valence-electron chi connectivity index (χ0n) is 15.9. The predicted molar refractivity (Wildman–Crippen MR) is 100.0 cm³/mol. The Hall–Kier alpha value is -1.92. The molecule has 26 heavy (non-hydrogen) atoms. The summed E-state index contributed by atoms with van der Waals surface area (Å²) in [6.45, 7) is 10.1. The fourth-order valence-electron chi connectivity index (χ4n) is 3.85. The van der Waals surface area contributed by atoms with Crippen molar-refractivity contribution in [2.24, 2.45) is 0 Å². The number of nitrogens with zero attached hydrogens (tertiary/aromatic N) is 3. The third-order valence-electron chi connectivity index (χ3n) is 5.26. The molecule has 2 heterocycles. The molecule has 0 aliphatic carbocycles. The van der Waals surface area contributed by atoms with E-state index in [1.54, 1.807) is 0 Å². The highest BCUT2D eigenvalue weighted by molar-refractivity contribution is 5.94. The molecule has 0 aromatic heterocycles. The van der Waals surface area contributed by atoms with Gasteiger partial charge in [0.1, 0.15) is 0 Å².